The Hall–Kier alpha value is -0.640. The van der Waals surface area contributed by atoms with Gasteiger partial charge in [-0.15, -0.1) is 0 Å². The van der Waals surface area contributed by atoms with Gasteiger partial charge in [-0.25, -0.2) is 4.39 Å². The maximum atomic E-state index is 13.3. The van der Waals surface area contributed by atoms with Crippen LogP contribution in [0.2, 0.25) is 5.02 Å². The van der Waals surface area contributed by atoms with E-state index < -0.39 is 0 Å². The van der Waals surface area contributed by atoms with E-state index in [0.717, 1.165) is 38.0 Å². The van der Waals surface area contributed by atoms with Crippen LogP contribution in [0.5, 0.6) is 0 Å². The third-order valence-electron chi connectivity index (χ3n) is 2.97. The molecular weight excluding hydrogens is 265 g/mol. The zero-order chi connectivity index (χ0) is 14.1. The number of rotatable bonds is 9. The van der Waals surface area contributed by atoms with Crippen LogP contribution in [0, 0.1) is 5.82 Å². The van der Waals surface area contributed by atoms with Crippen LogP contribution in [-0.2, 0) is 11.2 Å². The van der Waals surface area contributed by atoms with E-state index >= 15 is 0 Å². The molecule has 0 spiro atoms. The Balaban J connectivity index is 2.61. The van der Waals surface area contributed by atoms with Crippen LogP contribution in [0.25, 0.3) is 0 Å². The third-order valence-corrected chi connectivity index (χ3v) is 3.34. The predicted octanol–water partition coefficient (Wildman–Crippen LogP) is 3.82. The van der Waals surface area contributed by atoms with Crippen LogP contribution in [-0.4, -0.2) is 25.8 Å². The number of nitrogens with one attached hydrogen (secondary N) is 1. The standard InChI is InChI=1S/C15H23ClFNO/c1-3-8-18-14(7-9-19-4-2)11-12-10-13(17)5-6-15(12)16/h5-6,10,14,18H,3-4,7-9,11H2,1-2H3. The largest absolute Gasteiger partial charge is 0.382 e. The number of ether oxygens (including phenoxy) is 1. The maximum Gasteiger partial charge on any atom is 0.123 e. The van der Waals surface area contributed by atoms with E-state index in [9.17, 15) is 4.39 Å². The van der Waals surface area contributed by atoms with Crippen molar-refractivity contribution in [3.05, 3.63) is 34.6 Å². The highest BCUT2D eigenvalue weighted by Gasteiger charge is 2.11. The Labute approximate surface area is 120 Å². The van der Waals surface area contributed by atoms with Crippen LogP contribution in [0.4, 0.5) is 4.39 Å². The zero-order valence-electron chi connectivity index (χ0n) is 11.7. The summed E-state index contributed by atoms with van der Waals surface area (Å²) < 4.78 is 18.6. The molecule has 1 N–H and O–H groups in total. The summed E-state index contributed by atoms with van der Waals surface area (Å²) in [5, 5.41) is 4.09. The molecule has 0 fully saturated rings. The maximum absolute atomic E-state index is 13.3. The van der Waals surface area contributed by atoms with Crippen LogP contribution in [0.15, 0.2) is 18.2 Å². The Morgan fingerprint density at radius 1 is 1.37 bits per heavy atom. The average molecular weight is 288 g/mol. The van der Waals surface area contributed by atoms with E-state index in [2.05, 4.69) is 12.2 Å². The van der Waals surface area contributed by atoms with Gasteiger partial charge in [-0.3, -0.25) is 0 Å². The molecule has 0 saturated heterocycles. The number of hydrogen-bond donors (Lipinski definition) is 1. The molecule has 1 aromatic carbocycles. The predicted molar refractivity (Wildman–Crippen MR) is 78.3 cm³/mol. The lowest BCUT2D eigenvalue weighted by Gasteiger charge is -2.19. The Bertz CT molecular complexity index is 373. The number of halogens is 2. The molecule has 0 aliphatic rings. The summed E-state index contributed by atoms with van der Waals surface area (Å²) in [6, 6.07) is 4.79. The smallest absolute Gasteiger partial charge is 0.123 e. The molecule has 0 radical (unpaired) electrons. The fourth-order valence-electron chi connectivity index (χ4n) is 1.96. The summed E-state index contributed by atoms with van der Waals surface area (Å²) in [6.07, 6.45) is 2.70. The SMILES string of the molecule is CCCNC(CCOCC)Cc1cc(F)ccc1Cl. The lowest BCUT2D eigenvalue weighted by atomic mass is 10.0. The molecule has 1 rings (SSSR count). The van der Waals surface area contributed by atoms with Gasteiger partial charge in [-0.05, 0) is 56.5 Å². The first-order valence-electron chi connectivity index (χ1n) is 6.92. The molecule has 108 valence electrons. The van der Waals surface area contributed by atoms with E-state index in [1.54, 1.807) is 6.07 Å². The highest BCUT2D eigenvalue weighted by Crippen LogP contribution is 2.19. The van der Waals surface area contributed by atoms with Crippen LogP contribution >= 0.6 is 11.6 Å². The van der Waals surface area contributed by atoms with Gasteiger partial charge in [-0.1, -0.05) is 18.5 Å². The van der Waals surface area contributed by atoms with Crippen molar-refractivity contribution in [3.63, 3.8) is 0 Å². The van der Waals surface area contributed by atoms with E-state index in [0.29, 0.717) is 11.6 Å². The first kappa shape index (κ1) is 16.4. The molecule has 1 unspecified atom stereocenters. The zero-order valence-corrected chi connectivity index (χ0v) is 12.5. The summed E-state index contributed by atoms with van der Waals surface area (Å²) in [5.41, 5.74) is 0.853. The minimum atomic E-state index is -0.238. The normalized spacial score (nSPS) is 12.6. The van der Waals surface area contributed by atoms with Gasteiger partial charge in [0.05, 0.1) is 0 Å². The first-order chi connectivity index (χ1) is 9.17. The molecule has 2 nitrogen and oxygen atoms in total. The second kappa shape index (κ2) is 9.29. The molecule has 0 bridgehead atoms. The molecule has 0 saturated carbocycles. The Morgan fingerprint density at radius 2 is 2.16 bits per heavy atom. The van der Waals surface area contributed by atoms with Crippen molar-refractivity contribution in [2.45, 2.75) is 39.2 Å². The van der Waals surface area contributed by atoms with E-state index in [1.807, 2.05) is 6.92 Å². The van der Waals surface area contributed by atoms with Gasteiger partial charge in [0.15, 0.2) is 0 Å². The molecule has 1 aromatic rings. The molecule has 0 heterocycles. The van der Waals surface area contributed by atoms with Gasteiger partial charge in [0.1, 0.15) is 5.82 Å². The Morgan fingerprint density at radius 3 is 2.84 bits per heavy atom. The fraction of sp³-hybridized carbons (Fsp3) is 0.600. The first-order valence-corrected chi connectivity index (χ1v) is 7.30. The minimum absolute atomic E-state index is 0.238. The monoisotopic (exact) mass is 287 g/mol. The molecule has 19 heavy (non-hydrogen) atoms. The topological polar surface area (TPSA) is 21.3 Å². The van der Waals surface area contributed by atoms with Crippen molar-refractivity contribution >= 4 is 11.6 Å². The van der Waals surface area contributed by atoms with Crippen molar-refractivity contribution in [1.29, 1.82) is 0 Å². The summed E-state index contributed by atoms with van der Waals surface area (Å²) in [5.74, 6) is -0.238. The average Bonchev–Trinajstić information content (AvgIpc) is 2.40. The number of benzene rings is 1. The van der Waals surface area contributed by atoms with Gasteiger partial charge in [0.2, 0.25) is 0 Å². The van der Waals surface area contributed by atoms with E-state index in [1.165, 1.54) is 12.1 Å². The molecule has 1 atom stereocenters. The molecule has 0 amide bonds. The van der Waals surface area contributed by atoms with Gasteiger partial charge >= 0.3 is 0 Å². The second-order valence-electron chi connectivity index (χ2n) is 4.58. The van der Waals surface area contributed by atoms with Gasteiger partial charge in [0, 0.05) is 24.3 Å². The third kappa shape index (κ3) is 6.37. The number of hydrogen-bond acceptors (Lipinski definition) is 2. The highest BCUT2D eigenvalue weighted by atomic mass is 35.5. The summed E-state index contributed by atoms with van der Waals surface area (Å²) in [7, 11) is 0. The van der Waals surface area contributed by atoms with Gasteiger partial charge < -0.3 is 10.1 Å². The van der Waals surface area contributed by atoms with Crippen LogP contribution in [0.3, 0.4) is 0 Å². The van der Waals surface area contributed by atoms with Crippen molar-refractivity contribution < 1.29 is 9.13 Å². The lowest BCUT2D eigenvalue weighted by Crippen LogP contribution is -2.33. The molecular formula is C15H23ClFNO. The van der Waals surface area contributed by atoms with Crippen molar-refractivity contribution in [2.24, 2.45) is 0 Å². The van der Waals surface area contributed by atoms with Gasteiger partial charge in [-0.2, -0.15) is 0 Å². The van der Waals surface area contributed by atoms with Crippen LogP contribution in [0.1, 0.15) is 32.3 Å². The van der Waals surface area contributed by atoms with Crippen molar-refractivity contribution in [1.82, 2.24) is 5.32 Å². The summed E-state index contributed by atoms with van der Waals surface area (Å²) >= 11 is 6.11. The Kier molecular flexibility index (Phi) is 8.03. The van der Waals surface area contributed by atoms with Crippen molar-refractivity contribution in [3.8, 4) is 0 Å². The molecule has 0 aliphatic carbocycles. The quantitative estimate of drug-likeness (QED) is 0.697. The second-order valence-corrected chi connectivity index (χ2v) is 4.98. The molecule has 0 aromatic heterocycles. The summed E-state index contributed by atoms with van der Waals surface area (Å²) in [6.45, 7) is 6.50. The summed E-state index contributed by atoms with van der Waals surface area (Å²) in [4.78, 5) is 0. The minimum Gasteiger partial charge on any atom is -0.382 e. The highest BCUT2D eigenvalue weighted by molar-refractivity contribution is 6.31. The van der Waals surface area contributed by atoms with E-state index in [4.69, 9.17) is 16.3 Å². The molecule has 0 aliphatic heterocycles. The van der Waals surface area contributed by atoms with Crippen LogP contribution < -0.4 is 5.32 Å². The van der Waals surface area contributed by atoms with Crippen molar-refractivity contribution in [2.75, 3.05) is 19.8 Å². The lowest BCUT2D eigenvalue weighted by molar-refractivity contribution is 0.136. The fourth-order valence-corrected chi connectivity index (χ4v) is 2.15. The van der Waals surface area contributed by atoms with Gasteiger partial charge in [0.25, 0.3) is 0 Å². The molecule has 4 heteroatoms. The van der Waals surface area contributed by atoms with E-state index in [-0.39, 0.29) is 11.9 Å².